The lowest BCUT2D eigenvalue weighted by Crippen LogP contribution is -2.10. The summed E-state index contributed by atoms with van der Waals surface area (Å²) in [4.78, 5) is 2.35. The molecule has 0 aliphatic carbocycles. The van der Waals surface area contributed by atoms with Gasteiger partial charge in [-0.2, -0.15) is 0 Å². The first kappa shape index (κ1) is 35.7. The highest BCUT2D eigenvalue weighted by atomic mass is 16.3. The molecule has 12 rings (SSSR count). The van der Waals surface area contributed by atoms with E-state index in [0.717, 1.165) is 50.1 Å². The van der Waals surface area contributed by atoms with E-state index in [-0.39, 0.29) is 0 Å². The Hall–Kier alpha value is -8.20. The van der Waals surface area contributed by atoms with Crippen molar-refractivity contribution >= 4 is 71.3 Å². The summed E-state index contributed by atoms with van der Waals surface area (Å²) >= 11 is 0. The van der Waals surface area contributed by atoms with Gasteiger partial charge in [0.2, 0.25) is 0 Å². The third-order valence-corrected chi connectivity index (χ3v) is 12.4. The molecule has 1 aromatic heterocycles. The summed E-state index contributed by atoms with van der Waals surface area (Å²) in [6.07, 6.45) is 0. The van der Waals surface area contributed by atoms with Gasteiger partial charge in [0.05, 0.1) is 5.69 Å². The maximum absolute atomic E-state index is 6.71. The third kappa shape index (κ3) is 5.96. The topological polar surface area (TPSA) is 16.4 Å². The molecule has 0 amide bonds. The van der Waals surface area contributed by atoms with Crippen LogP contribution in [0.5, 0.6) is 0 Å². The molecule has 0 spiro atoms. The number of para-hydroxylation sites is 2. The van der Waals surface area contributed by atoms with Gasteiger partial charge in [-0.25, -0.2) is 0 Å². The highest BCUT2D eigenvalue weighted by Gasteiger charge is 2.22. The average Bonchev–Trinajstić information content (AvgIpc) is 3.74. The highest BCUT2D eigenvalue weighted by Crippen LogP contribution is 2.47. The van der Waals surface area contributed by atoms with Crippen LogP contribution in [0.25, 0.3) is 98.8 Å². The Bertz CT molecular complexity index is 3620. The lowest BCUT2D eigenvalue weighted by molar-refractivity contribution is 0.669. The van der Waals surface area contributed by atoms with E-state index < -0.39 is 0 Å². The molecule has 0 fully saturated rings. The van der Waals surface area contributed by atoms with Crippen molar-refractivity contribution in [2.75, 3.05) is 4.90 Å². The van der Waals surface area contributed by atoms with Crippen LogP contribution in [0.1, 0.15) is 0 Å². The van der Waals surface area contributed by atoms with Crippen LogP contribution in [-0.4, -0.2) is 0 Å². The molecule has 62 heavy (non-hydrogen) atoms. The standard InChI is InChI=1S/C60H39NO/c1-3-17-42(18-4-1)58-53-27-10-9-25-50(53)51-37-34-45(39-55(51)59(58)43-19-5-2-6-20-43)44-22-13-23-47(38-44)61(56-30-15-29-54-52-26-11-12-31-57(52)62-60(54)56)46-35-32-41(33-36-46)49-28-14-21-40-16-7-8-24-48(40)49/h1-39H. The molecule has 0 atom stereocenters. The van der Waals surface area contributed by atoms with Crippen molar-refractivity contribution in [1.29, 1.82) is 0 Å². The third-order valence-electron chi connectivity index (χ3n) is 12.4. The molecule has 2 nitrogen and oxygen atoms in total. The lowest BCUT2D eigenvalue weighted by atomic mass is 9.84. The summed E-state index contributed by atoms with van der Waals surface area (Å²) in [5.41, 5.74) is 14.4. The Morgan fingerprint density at radius 2 is 0.839 bits per heavy atom. The van der Waals surface area contributed by atoms with Crippen LogP contribution in [-0.2, 0) is 0 Å². The molecule has 0 aliphatic heterocycles. The molecule has 12 aromatic rings. The molecule has 0 radical (unpaired) electrons. The quantitative estimate of drug-likeness (QED) is 0.150. The number of hydrogen-bond donors (Lipinski definition) is 0. The summed E-state index contributed by atoms with van der Waals surface area (Å²) < 4.78 is 6.71. The number of furan rings is 1. The predicted molar refractivity (Wildman–Crippen MR) is 263 cm³/mol. The summed E-state index contributed by atoms with van der Waals surface area (Å²) in [5.74, 6) is 0. The first-order valence-electron chi connectivity index (χ1n) is 21.3. The van der Waals surface area contributed by atoms with Crippen LogP contribution in [0.15, 0.2) is 241 Å². The van der Waals surface area contributed by atoms with Crippen LogP contribution in [0.3, 0.4) is 0 Å². The van der Waals surface area contributed by atoms with E-state index in [9.17, 15) is 0 Å². The van der Waals surface area contributed by atoms with Crippen LogP contribution in [0.2, 0.25) is 0 Å². The Balaban J connectivity index is 1.06. The van der Waals surface area contributed by atoms with Gasteiger partial charge in [-0.1, -0.05) is 194 Å². The lowest BCUT2D eigenvalue weighted by Gasteiger charge is -2.26. The molecule has 0 saturated carbocycles. The number of hydrogen-bond acceptors (Lipinski definition) is 2. The van der Waals surface area contributed by atoms with E-state index >= 15 is 0 Å². The van der Waals surface area contributed by atoms with Crippen LogP contribution in [0.4, 0.5) is 17.1 Å². The zero-order chi connectivity index (χ0) is 41.0. The van der Waals surface area contributed by atoms with Crippen molar-refractivity contribution in [1.82, 2.24) is 0 Å². The largest absolute Gasteiger partial charge is 0.454 e. The van der Waals surface area contributed by atoms with Gasteiger partial charge in [-0.3, -0.25) is 0 Å². The summed E-state index contributed by atoms with van der Waals surface area (Å²) in [7, 11) is 0. The van der Waals surface area contributed by atoms with Crippen LogP contribution < -0.4 is 4.90 Å². The summed E-state index contributed by atoms with van der Waals surface area (Å²) in [6, 6.07) is 85.4. The summed E-state index contributed by atoms with van der Waals surface area (Å²) in [6.45, 7) is 0. The number of benzene rings is 11. The smallest absolute Gasteiger partial charge is 0.159 e. The molecule has 0 unspecified atom stereocenters. The molecule has 0 N–H and O–H groups in total. The molecule has 0 aliphatic rings. The number of rotatable bonds is 7. The predicted octanol–water partition coefficient (Wildman–Crippen LogP) is 17.2. The first-order chi connectivity index (χ1) is 30.8. The molecule has 2 heteroatoms. The molecular formula is C60H39NO. The van der Waals surface area contributed by atoms with Gasteiger partial charge >= 0.3 is 0 Å². The molecule has 0 saturated heterocycles. The maximum Gasteiger partial charge on any atom is 0.159 e. The second-order valence-electron chi connectivity index (χ2n) is 16.0. The second kappa shape index (κ2) is 14.8. The molecule has 11 aromatic carbocycles. The Morgan fingerprint density at radius 1 is 0.290 bits per heavy atom. The fourth-order valence-corrected chi connectivity index (χ4v) is 9.61. The zero-order valence-corrected chi connectivity index (χ0v) is 33.9. The molecule has 290 valence electrons. The van der Waals surface area contributed by atoms with Crippen molar-refractivity contribution < 1.29 is 4.42 Å². The average molecular weight is 790 g/mol. The first-order valence-corrected chi connectivity index (χ1v) is 21.3. The van der Waals surface area contributed by atoms with E-state index in [2.05, 4.69) is 235 Å². The van der Waals surface area contributed by atoms with Crippen molar-refractivity contribution in [3.63, 3.8) is 0 Å². The number of fused-ring (bicyclic) bond motifs is 7. The minimum atomic E-state index is 0.857. The Kier molecular flexibility index (Phi) is 8.53. The fourth-order valence-electron chi connectivity index (χ4n) is 9.61. The van der Waals surface area contributed by atoms with Crippen molar-refractivity contribution in [3.8, 4) is 44.5 Å². The van der Waals surface area contributed by atoms with Gasteiger partial charge in [0.1, 0.15) is 5.58 Å². The van der Waals surface area contributed by atoms with Gasteiger partial charge < -0.3 is 9.32 Å². The maximum atomic E-state index is 6.71. The fraction of sp³-hybridized carbons (Fsp3) is 0. The normalized spacial score (nSPS) is 11.5. The van der Waals surface area contributed by atoms with Crippen molar-refractivity contribution in [3.05, 3.63) is 237 Å². The Labute approximate surface area is 360 Å². The minimum absolute atomic E-state index is 0.857. The highest BCUT2D eigenvalue weighted by molar-refractivity contribution is 6.22. The van der Waals surface area contributed by atoms with Gasteiger partial charge in [0, 0.05) is 22.1 Å². The molecule has 1 heterocycles. The van der Waals surface area contributed by atoms with E-state index in [1.54, 1.807) is 0 Å². The van der Waals surface area contributed by atoms with Crippen molar-refractivity contribution in [2.24, 2.45) is 0 Å². The van der Waals surface area contributed by atoms with Gasteiger partial charge in [0.25, 0.3) is 0 Å². The minimum Gasteiger partial charge on any atom is -0.454 e. The van der Waals surface area contributed by atoms with Crippen LogP contribution in [0, 0.1) is 0 Å². The number of anilines is 3. The van der Waals surface area contributed by atoms with Gasteiger partial charge in [0.15, 0.2) is 5.58 Å². The number of nitrogens with zero attached hydrogens (tertiary/aromatic N) is 1. The van der Waals surface area contributed by atoms with Crippen molar-refractivity contribution in [2.45, 2.75) is 0 Å². The monoisotopic (exact) mass is 789 g/mol. The SMILES string of the molecule is c1ccc(-c2c(-c3ccccc3)c3cc(-c4cccc(N(c5ccc(-c6cccc7ccccc67)cc5)c5cccc6c5oc5ccccc56)c4)ccc3c3ccccc23)cc1. The van der Waals surface area contributed by atoms with E-state index in [1.807, 2.05) is 6.07 Å². The van der Waals surface area contributed by atoms with E-state index in [4.69, 9.17) is 4.42 Å². The van der Waals surface area contributed by atoms with Gasteiger partial charge in [-0.05, 0) is 119 Å². The van der Waals surface area contributed by atoms with E-state index in [1.165, 1.54) is 65.7 Å². The van der Waals surface area contributed by atoms with Gasteiger partial charge in [-0.15, -0.1) is 0 Å². The van der Waals surface area contributed by atoms with Crippen LogP contribution >= 0.6 is 0 Å². The molecule has 0 bridgehead atoms. The summed E-state index contributed by atoms with van der Waals surface area (Å²) in [5, 5.41) is 9.65. The molecular weight excluding hydrogens is 751 g/mol. The van der Waals surface area contributed by atoms with E-state index in [0.29, 0.717) is 0 Å². The Morgan fingerprint density at radius 3 is 1.63 bits per heavy atom. The second-order valence-corrected chi connectivity index (χ2v) is 16.0. The zero-order valence-electron chi connectivity index (χ0n) is 33.9.